The van der Waals surface area contributed by atoms with Gasteiger partial charge in [0.15, 0.2) is 6.20 Å². The lowest BCUT2D eigenvalue weighted by molar-refractivity contribution is -0.716. The fourth-order valence-electron chi connectivity index (χ4n) is 16.5. The molecule has 0 bridgehead atoms. The highest BCUT2D eigenvalue weighted by Gasteiger charge is 2.50. The van der Waals surface area contributed by atoms with E-state index in [1.807, 2.05) is 0 Å². The topological polar surface area (TPSA) is 52.4 Å². The van der Waals surface area contributed by atoms with E-state index >= 15 is 0 Å². The molecule has 0 N–H and O–H groups in total. The quantitative estimate of drug-likeness (QED) is 0.112. The van der Waals surface area contributed by atoms with E-state index in [2.05, 4.69) is 280 Å². The van der Waals surface area contributed by atoms with E-state index in [9.17, 15) is 0 Å². The van der Waals surface area contributed by atoms with Crippen LogP contribution in [0, 0.1) is 0 Å². The predicted molar refractivity (Wildman–Crippen MR) is 347 cm³/mol. The van der Waals surface area contributed by atoms with Crippen LogP contribution in [-0.2, 0) is 48.6 Å². The summed E-state index contributed by atoms with van der Waals surface area (Å²) in [6.07, 6.45) is 2.22. The van der Waals surface area contributed by atoms with E-state index in [0.29, 0.717) is 26.9 Å². The molecule has 9 aromatic carbocycles. The molecular weight excluding hydrogens is 1080 g/mol. The maximum absolute atomic E-state index is 6.14. The largest absolute Gasteiger partial charge is 0.435 e. The fourth-order valence-corrected chi connectivity index (χ4v) is 16.5. The van der Waals surface area contributed by atoms with E-state index in [1.54, 1.807) is 0 Å². The van der Waals surface area contributed by atoms with Gasteiger partial charge in [-0.3, -0.25) is 0 Å². The van der Waals surface area contributed by atoms with Crippen LogP contribution in [0.3, 0.4) is 0 Å². The molecule has 0 saturated carbocycles. The summed E-state index contributed by atoms with van der Waals surface area (Å²) in [5.74, 6) is 4.09. The highest BCUT2D eigenvalue weighted by molar-refractivity contribution is 5.98. The molecule has 21 rings (SSSR count). The molecule has 8 heterocycles. The Kier molecular flexibility index (Phi) is 10.4. The van der Waals surface area contributed by atoms with Gasteiger partial charge in [0, 0.05) is 83.7 Å². The zero-order chi connectivity index (χ0) is 59.3. The van der Waals surface area contributed by atoms with E-state index in [1.165, 1.54) is 144 Å². The van der Waals surface area contributed by atoms with Gasteiger partial charge in [0.05, 0.1) is 22.3 Å². The van der Waals surface area contributed by atoms with Crippen molar-refractivity contribution >= 4 is 54.3 Å². The third-order valence-electron chi connectivity index (χ3n) is 21.0. The van der Waals surface area contributed by atoms with Crippen LogP contribution in [0.15, 0.2) is 206 Å². The van der Waals surface area contributed by atoms with Crippen LogP contribution >= 0.6 is 0 Å². The van der Waals surface area contributed by atoms with Crippen molar-refractivity contribution in [2.45, 2.75) is 104 Å². The standard InChI is InChI=1S/C23H18NO.3C19H16NO/c1-23(2)17-8-5-9-20-21(17)22-18(23)11-16-10-14-6-3-4-7-15(14)12-19(16)24(22)13-25-20;2*1-19(2)13-7-5-9-16-17(13)18-14(19)10-12-6-3-4-8-15(12)20(18)11-21-16;1-19(2)14-8-5-9-15-16(14)18-17(19)13-7-4-3-6-12(13)10-20(18)11-21-15/h3-12H,13H2,1-2H3;3*3-10H,11H2,1-2H3/q4*+1. The molecule has 4 aliphatic heterocycles. The molecule has 0 saturated heterocycles. The molecule has 426 valence electrons. The minimum Gasteiger partial charge on any atom is -0.435 e. The molecule has 13 aromatic rings. The first-order chi connectivity index (χ1) is 42.7. The van der Waals surface area contributed by atoms with Crippen molar-refractivity contribution in [2.75, 3.05) is 0 Å². The molecule has 8 heteroatoms. The summed E-state index contributed by atoms with van der Waals surface area (Å²) in [7, 11) is 0. The summed E-state index contributed by atoms with van der Waals surface area (Å²) >= 11 is 0. The number of nitrogens with zero attached hydrogens (tertiary/aromatic N) is 4. The molecule has 4 aliphatic carbocycles. The third-order valence-corrected chi connectivity index (χ3v) is 21.0. The Balaban J connectivity index is 0.0000000882. The van der Waals surface area contributed by atoms with Gasteiger partial charge >= 0.3 is 0 Å². The molecule has 0 spiro atoms. The first-order valence-corrected chi connectivity index (χ1v) is 31.0. The number of rotatable bonds is 0. The lowest BCUT2D eigenvalue weighted by Crippen LogP contribution is -2.42. The van der Waals surface area contributed by atoms with Crippen molar-refractivity contribution in [3.05, 3.63) is 251 Å². The first-order valence-electron chi connectivity index (χ1n) is 31.0. The number of benzene rings is 9. The van der Waals surface area contributed by atoms with Crippen LogP contribution < -0.4 is 37.2 Å². The van der Waals surface area contributed by atoms with Gasteiger partial charge in [0.2, 0.25) is 39.3 Å². The Bertz CT molecular complexity index is 5130. The summed E-state index contributed by atoms with van der Waals surface area (Å²) in [6, 6.07) is 71.9. The van der Waals surface area contributed by atoms with Gasteiger partial charge in [-0.05, 0) is 105 Å². The van der Waals surface area contributed by atoms with Gasteiger partial charge in [-0.15, -0.1) is 0 Å². The van der Waals surface area contributed by atoms with Crippen molar-refractivity contribution in [3.63, 3.8) is 0 Å². The number of pyridine rings is 4. The molecule has 8 nitrogen and oxygen atoms in total. The molecule has 0 radical (unpaired) electrons. The molecule has 0 fully saturated rings. The van der Waals surface area contributed by atoms with Gasteiger partial charge in [-0.2, -0.15) is 18.3 Å². The maximum Gasteiger partial charge on any atom is 0.293 e. The zero-order valence-corrected chi connectivity index (χ0v) is 50.9. The van der Waals surface area contributed by atoms with Crippen molar-refractivity contribution in [2.24, 2.45) is 0 Å². The molecule has 4 aromatic heterocycles. The van der Waals surface area contributed by atoms with Crippen molar-refractivity contribution in [1.29, 1.82) is 0 Å². The summed E-state index contributed by atoms with van der Waals surface area (Å²) < 4.78 is 33.4. The molecule has 8 aliphatic rings. The van der Waals surface area contributed by atoms with Crippen molar-refractivity contribution in [3.8, 4) is 68.0 Å². The van der Waals surface area contributed by atoms with Crippen LogP contribution in [0.5, 0.6) is 23.0 Å². The second-order valence-corrected chi connectivity index (χ2v) is 27.1. The summed E-state index contributed by atoms with van der Waals surface area (Å²) in [4.78, 5) is 0. The summed E-state index contributed by atoms with van der Waals surface area (Å²) in [5.41, 5.74) is 25.5. The van der Waals surface area contributed by atoms with Gasteiger partial charge in [-0.25, -0.2) is 0 Å². The van der Waals surface area contributed by atoms with Crippen LogP contribution in [-0.4, -0.2) is 0 Å². The van der Waals surface area contributed by atoms with Crippen molar-refractivity contribution in [1.82, 2.24) is 0 Å². The molecular formula is C80H66N4O4+4. The molecule has 0 atom stereocenters. The fraction of sp³-hybridized carbons (Fsp3) is 0.200. The maximum atomic E-state index is 6.14. The van der Waals surface area contributed by atoms with Gasteiger partial charge in [-0.1, -0.05) is 171 Å². The Morgan fingerprint density at radius 3 is 1.12 bits per heavy atom. The normalized spacial score (nSPS) is 16.5. The van der Waals surface area contributed by atoms with Gasteiger partial charge in [0.1, 0.15) is 23.0 Å². The van der Waals surface area contributed by atoms with E-state index in [-0.39, 0.29) is 21.7 Å². The Morgan fingerprint density at radius 2 is 0.648 bits per heavy atom. The smallest absolute Gasteiger partial charge is 0.293 e. The number of hydrogen-bond donors (Lipinski definition) is 0. The number of hydrogen-bond acceptors (Lipinski definition) is 4. The van der Waals surface area contributed by atoms with Crippen LogP contribution in [0.4, 0.5) is 0 Å². The number of fused-ring (bicyclic) bond motifs is 9. The van der Waals surface area contributed by atoms with Crippen LogP contribution in [0.1, 0.15) is 99.9 Å². The molecule has 88 heavy (non-hydrogen) atoms. The highest BCUT2D eigenvalue weighted by Crippen LogP contribution is 2.57. The minimum atomic E-state index is -0.00401. The predicted octanol–water partition coefficient (Wildman–Crippen LogP) is 16.3. The molecule has 0 amide bonds. The van der Waals surface area contributed by atoms with Gasteiger partial charge in [0.25, 0.3) is 26.9 Å². The second-order valence-electron chi connectivity index (χ2n) is 27.1. The monoisotopic (exact) mass is 1150 g/mol. The second kappa shape index (κ2) is 17.9. The molecule has 0 unspecified atom stereocenters. The highest BCUT2D eigenvalue weighted by atomic mass is 16.5. The average Bonchev–Trinajstić information content (AvgIpc) is 1.60. The number of ether oxygens (including phenoxy) is 4. The van der Waals surface area contributed by atoms with Crippen LogP contribution in [0.2, 0.25) is 0 Å². The van der Waals surface area contributed by atoms with E-state index in [4.69, 9.17) is 18.9 Å². The number of aromatic nitrogens is 4. The third kappa shape index (κ3) is 6.86. The lowest BCUT2D eigenvalue weighted by Gasteiger charge is -2.21. The van der Waals surface area contributed by atoms with E-state index in [0.717, 1.165) is 23.0 Å². The summed E-state index contributed by atoms with van der Waals surface area (Å²) in [5, 5.41) is 9.05. The first kappa shape index (κ1) is 51.3. The Hall–Kier alpha value is -9.92. The van der Waals surface area contributed by atoms with Gasteiger partial charge < -0.3 is 18.9 Å². The van der Waals surface area contributed by atoms with Crippen molar-refractivity contribution < 1.29 is 37.2 Å². The Labute approximate surface area is 511 Å². The van der Waals surface area contributed by atoms with Crippen LogP contribution in [0.25, 0.3) is 99.3 Å². The summed E-state index contributed by atoms with van der Waals surface area (Å²) in [6.45, 7) is 20.9. The zero-order valence-electron chi connectivity index (χ0n) is 50.9. The number of para-hydroxylation sites is 2. The minimum absolute atomic E-state index is 0.00401. The SMILES string of the molecule is CC1(C)c2cccc3c2-c2c1c1ccccc1c[n+]2CO3.CC1(C)c2cccc3c2-c2c1cc1cc4ccccc4cc1[n+]2CO3.CC1(C)c2cccc3c2-c2c1cc1ccccc1[n+]2CO3.CC1(C)c2cccc3c2-c2c1cc1ccccc1[n+]2CO3. The Morgan fingerprint density at radius 1 is 0.284 bits per heavy atom. The average molecular weight is 1150 g/mol. The van der Waals surface area contributed by atoms with E-state index < -0.39 is 0 Å². The lowest BCUT2D eigenvalue weighted by atomic mass is 9.81.